The molecule has 2 aromatic rings. The molecule has 8 heteroatoms. The van der Waals surface area contributed by atoms with Crippen LogP contribution in [0.2, 0.25) is 0 Å². The Morgan fingerprint density at radius 2 is 2.04 bits per heavy atom. The highest BCUT2D eigenvalue weighted by atomic mass is 32.2. The van der Waals surface area contributed by atoms with E-state index in [2.05, 4.69) is 4.98 Å². The Hall–Kier alpha value is -1.80. The van der Waals surface area contributed by atoms with Gasteiger partial charge in [0.1, 0.15) is 11.6 Å². The number of piperidine rings is 1. The fraction of sp³-hybridized carbons (Fsp3) is 0.400. The second-order valence-corrected chi connectivity index (χ2v) is 7.51. The monoisotopic (exact) mass is 341 g/mol. The molecule has 0 radical (unpaired) electrons. The summed E-state index contributed by atoms with van der Waals surface area (Å²) in [5, 5.41) is -0.0607. The van der Waals surface area contributed by atoms with E-state index in [-0.39, 0.29) is 10.6 Å². The number of sulfonamides is 1. The summed E-state index contributed by atoms with van der Waals surface area (Å²) >= 11 is 0. The van der Waals surface area contributed by atoms with E-state index < -0.39 is 27.7 Å². The molecule has 3 rings (SSSR count). The molecule has 1 aromatic carbocycles. The van der Waals surface area contributed by atoms with Gasteiger partial charge in [0.25, 0.3) is 10.0 Å². The summed E-state index contributed by atoms with van der Waals surface area (Å²) in [6.07, 6.45) is 4.81. The van der Waals surface area contributed by atoms with Crippen LogP contribution in [0.1, 0.15) is 30.9 Å². The first-order chi connectivity index (χ1) is 10.9. The minimum absolute atomic E-state index is 0.0607. The first-order valence-corrected chi connectivity index (χ1v) is 8.78. The number of benzene rings is 1. The number of hydrogen-bond acceptors (Lipinski definition) is 3. The van der Waals surface area contributed by atoms with E-state index in [4.69, 9.17) is 0 Å². The van der Waals surface area contributed by atoms with Gasteiger partial charge in [-0.3, -0.25) is 0 Å². The molecule has 5 nitrogen and oxygen atoms in total. The maximum absolute atomic E-state index is 14.1. The number of halogens is 2. The highest BCUT2D eigenvalue weighted by molar-refractivity contribution is 7.89. The summed E-state index contributed by atoms with van der Waals surface area (Å²) < 4.78 is 55.7. The van der Waals surface area contributed by atoms with Crippen LogP contribution in [-0.2, 0) is 17.1 Å². The Labute approximate surface area is 133 Å². The van der Waals surface area contributed by atoms with Crippen molar-refractivity contribution in [3.63, 3.8) is 0 Å². The Morgan fingerprint density at radius 3 is 2.70 bits per heavy atom. The molecule has 1 unspecified atom stereocenters. The van der Waals surface area contributed by atoms with Crippen molar-refractivity contribution in [2.24, 2.45) is 7.05 Å². The molecular weight excluding hydrogens is 324 g/mol. The maximum atomic E-state index is 14.1. The van der Waals surface area contributed by atoms with Crippen LogP contribution in [0.3, 0.4) is 0 Å². The number of imidazole rings is 1. The molecule has 0 aliphatic carbocycles. The quantitative estimate of drug-likeness (QED) is 0.862. The minimum atomic E-state index is -3.82. The van der Waals surface area contributed by atoms with Crippen LogP contribution in [-0.4, -0.2) is 28.8 Å². The molecule has 0 N–H and O–H groups in total. The summed E-state index contributed by atoms with van der Waals surface area (Å²) in [5.41, 5.74) is 0.200. The van der Waals surface area contributed by atoms with Crippen LogP contribution in [0.4, 0.5) is 8.78 Å². The zero-order valence-corrected chi connectivity index (χ0v) is 13.4. The van der Waals surface area contributed by atoms with Gasteiger partial charge in [-0.2, -0.15) is 4.31 Å². The standard InChI is InChI=1S/C15H17F2N3O2S/c1-19-9-15(18-10-19)23(21,22)20-7-3-2-4-14(20)12-6-5-11(16)8-13(12)17/h5-6,8-10,14H,2-4,7H2,1H3. The molecule has 124 valence electrons. The van der Waals surface area contributed by atoms with Gasteiger partial charge in [0.2, 0.25) is 0 Å². The number of aryl methyl sites for hydroxylation is 1. The summed E-state index contributed by atoms with van der Waals surface area (Å²) in [6, 6.07) is 2.62. The molecule has 0 bridgehead atoms. The van der Waals surface area contributed by atoms with Gasteiger partial charge >= 0.3 is 0 Å². The van der Waals surface area contributed by atoms with Crippen molar-refractivity contribution in [2.45, 2.75) is 30.3 Å². The molecule has 0 amide bonds. The van der Waals surface area contributed by atoms with Gasteiger partial charge in [-0.25, -0.2) is 22.2 Å². The molecule has 2 heterocycles. The van der Waals surface area contributed by atoms with Crippen LogP contribution >= 0.6 is 0 Å². The Bertz CT molecular complexity index is 820. The van der Waals surface area contributed by atoms with Crippen LogP contribution in [0.25, 0.3) is 0 Å². The highest BCUT2D eigenvalue weighted by Gasteiger charge is 2.36. The maximum Gasteiger partial charge on any atom is 0.262 e. The van der Waals surface area contributed by atoms with Gasteiger partial charge in [-0.15, -0.1) is 0 Å². The molecule has 1 aliphatic rings. The van der Waals surface area contributed by atoms with E-state index in [0.717, 1.165) is 18.6 Å². The van der Waals surface area contributed by atoms with Crippen molar-refractivity contribution in [1.82, 2.24) is 13.9 Å². The van der Waals surface area contributed by atoms with Crippen LogP contribution in [0, 0.1) is 11.6 Å². The number of hydrogen-bond donors (Lipinski definition) is 0. The van der Waals surface area contributed by atoms with Gasteiger partial charge < -0.3 is 4.57 Å². The molecule has 1 aliphatic heterocycles. The van der Waals surface area contributed by atoms with E-state index >= 15 is 0 Å². The Balaban J connectivity index is 2.02. The largest absolute Gasteiger partial charge is 0.339 e. The van der Waals surface area contributed by atoms with Crippen molar-refractivity contribution in [2.75, 3.05) is 6.54 Å². The summed E-state index contributed by atoms with van der Waals surface area (Å²) in [6.45, 7) is 0.292. The lowest BCUT2D eigenvalue weighted by Crippen LogP contribution is -2.39. The molecular formula is C15H17F2N3O2S. The summed E-state index contributed by atoms with van der Waals surface area (Å²) in [7, 11) is -2.14. The van der Waals surface area contributed by atoms with Gasteiger partial charge in [0.05, 0.1) is 12.4 Å². The minimum Gasteiger partial charge on any atom is -0.339 e. The lowest BCUT2D eigenvalue weighted by Gasteiger charge is -2.34. The molecule has 1 aromatic heterocycles. The molecule has 1 saturated heterocycles. The average Bonchev–Trinajstić information content (AvgIpc) is 2.95. The summed E-state index contributed by atoms with van der Waals surface area (Å²) in [4.78, 5) is 3.91. The predicted octanol–water partition coefficient (Wildman–Crippen LogP) is 2.61. The van der Waals surface area contributed by atoms with E-state index in [0.29, 0.717) is 19.4 Å². The Morgan fingerprint density at radius 1 is 1.26 bits per heavy atom. The highest BCUT2D eigenvalue weighted by Crippen LogP contribution is 2.36. The zero-order valence-electron chi connectivity index (χ0n) is 12.6. The summed E-state index contributed by atoms with van der Waals surface area (Å²) in [5.74, 6) is -1.40. The molecule has 0 spiro atoms. The smallest absolute Gasteiger partial charge is 0.262 e. The lowest BCUT2D eigenvalue weighted by molar-refractivity contribution is 0.250. The first kappa shape index (κ1) is 16.1. The number of nitrogens with zero attached hydrogens (tertiary/aromatic N) is 3. The Kier molecular flexibility index (Phi) is 4.20. The second-order valence-electron chi connectivity index (χ2n) is 5.67. The molecule has 23 heavy (non-hydrogen) atoms. The second kappa shape index (κ2) is 6.01. The van der Waals surface area contributed by atoms with Gasteiger partial charge in [0, 0.05) is 31.4 Å². The molecule has 1 atom stereocenters. The third-order valence-electron chi connectivity index (χ3n) is 4.03. The van der Waals surface area contributed by atoms with Gasteiger partial charge in [-0.05, 0) is 18.9 Å². The SMILES string of the molecule is Cn1cnc(S(=O)(=O)N2CCCCC2c2ccc(F)cc2F)c1. The normalized spacial score (nSPS) is 19.9. The van der Waals surface area contributed by atoms with Gasteiger partial charge in [0.15, 0.2) is 5.03 Å². The predicted molar refractivity (Wildman–Crippen MR) is 80.0 cm³/mol. The van der Waals surface area contributed by atoms with E-state index in [1.54, 1.807) is 11.6 Å². The van der Waals surface area contributed by atoms with Crippen molar-refractivity contribution in [3.8, 4) is 0 Å². The molecule has 1 fully saturated rings. The van der Waals surface area contributed by atoms with Crippen LogP contribution in [0.5, 0.6) is 0 Å². The van der Waals surface area contributed by atoms with Crippen molar-refractivity contribution < 1.29 is 17.2 Å². The number of aromatic nitrogens is 2. The third-order valence-corrected chi connectivity index (χ3v) is 5.82. The van der Waals surface area contributed by atoms with E-state index in [1.807, 2.05) is 0 Å². The topological polar surface area (TPSA) is 55.2 Å². The van der Waals surface area contributed by atoms with Crippen LogP contribution < -0.4 is 0 Å². The van der Waals surface area contributed by atoms with E-state index in [1.165, 1.54) is 22.9 Å². The third kappa shape index (κ3) is 3.00. The molecule has 0 saturated carbocycles. The van der Waals surface area contributed by atoms with Crippen LogP contribution in [0.15, 0.2) is 35.7 Å². The van der Waals surface area contributed by atoms with Crippen molar-refractivity contribution in [3.05, 3.63) is 47.9 Å². The number of rotatable bonds is 3. The van der Waals surface area contributed by atoms with Crippen molar-refractivity contribution in [1.29, 1.82) is 0 Å². The average molecular weight is 341 g/mol. The lowest BCUT2D eigenvalue weighted by atomic mass is 9.97. The van der Waals surface area contributed by atoms with Gasteiger partial charge in [-0.1, -0.05) is 12.5 Å². The fourth-order valence-corrected chi connectivity index (χ4v) is 4.56. The van der Waals surface area contributed by atoms with Crippen molar-refractivity contribution >= 4 is 10.0 Å². The first-order valence-electron chi connectivity index (χ1n) is 7.34. The fourth-order valence-electron chi connectivity index (χ4n) is 2.92. The van der Waals surface area contributed by atoms with E-state index in [9.17, 15) is 17.2 Å². The zero-order chi connectivity index (χ0) is 16.6.